The molecule has 168 valence electrons. The van der Waals surface area contributed by atoms with Gasteiger partial charge in [0.25, 0.3) is 0 Å². The number of fused-ring (bicyclic) bond motifs is 1. The van der Waals surface area contributed by atoms with Crippen molar-refractivity contribution in [1.82, 2.24) is 9.29 Å². The van der Waals surface area contributed by atoms with Crippen LogP contribution < -0.4 is 9.60 Å². The van der Waals surface area contributed by atoms with E-state index in [0.717, 1.165) is 41.7 Å². The van der Waals surface area contributed by atoms with Gasteiger partial charge in [0.1, 0.15) is 0 Å². The molecule has 4 saturated carbocycles. The molecule has 2 aromatic carbocycles. The average Bonchev–Trinajstić information content (AvgIpc) is 3.02. The number of hydrogen-bond donors (Lipinski definition) is 1. The minimum atomic E-state index is -3.65. The standard InChI is InChI=1S/C24H25ClN2O3S2/c25-19-3-1-15(2-4-19)14-27-21-6-5-20(10-22(21)31-23(27)28)32(29,30)26-24-11-16-7-17(12-24)9-18(8-16)13-24/h1-6,10,16-18,26H,7-9,11-14H2. The maximum absolute atomic E-state index is 13.4. The monoisotopic (exact) mass is 488 g/mol. The lowest BCUT2D eigenvalue weighted by atomic mass is 9.53. The van der Waals surface area contributed by atoms with Crippen LogP contribution in [-0.2, 0) is 16.6 Å². The normalized spacial score (nSPS) is 29.1. The molecule has 4 aliphatic rings. The molecule has 0 spiro atoms. The third-order valence-electron chi connectivity index (χ3n) is 7.59. The van der Waals surface area contributed by atoms with Gasteiger partial charge >= 0.3 is 4.87 Å². The van der Waals surface area contributed by atoms with Crippen molar-refractivity contribution >= 4 is 43.2 Å². The highest BCUT2D eigenvalue weighted by atomic mass is 35.5. The van der Waals surface area contributed by atoms with Gasteiger partial charge in [-0.3, -0.25) is 9.36 Å². The van der Waals surface area contributed by atoms with E-state index in [1.807, 2.05) is 12.1 Å². The summed E-state index contributed by atoms with van der Waals surface area (Å²) in [5, 5.41) is 0.651. The molecule has 0 unspecified atom stereocenters. The Balaban J connectivity index is 1.30. The van der Waals surface area contributed by atoms with Crippen molar-refractivity contribution < 1.29 is 8.42 Å². The minimum absolute atomic E-state index is 0.0986. The fraction of sp³-hybridized carbons (Fsp3) is 0.458. The minimum Gasteiger partial charge on any atom is -0.294 e. The van der Waals surface area contributed by atoms with Crippen LogP contribution in [0.25, 0.3) is 10.2 Å². The molecule has 5 nitrogen and oxygen atoms in total. The molecule has 0 radical (unpaired) electrons. The molecular formula is C24H25ClN2O3S2. The molecule has 8 heteroatoms. The average molecular weight is 489 g/mol. The van der Waals surface area contributed by atoms with Crippen molar-refractivity contribution in [3.63, 3.8) is 0 Å². The fourth-order valence-electron chi connectivity index (χ4n) is 6.72. The maximum Gasteiger partial charge on any atom is 0.308 e. The van der Waals surface area contributed by atoms with Crippen molar-refractivity contribution in [2.75, 3.05) is 0 Å². The van der Waals surface area contributed by atoms with E-state index in [1.165, 1.54) is 19.3 Å². The van der Waals surface area contributed by atoms with E-state index in [2.05, 4.69) is 4.72 Å². The van der Waals surface area contributed by atoms with E-state index in [4.69, 9.17) is 11.6 Å². The van der Waals surface area contributed by atoms with Crippen molar-refractivity contribution in [2.45, 2.75) is 55.5 Å². The van der Waals surface area contributed by atoms with E-state index in [9.17, 15) is 13.2 Å². The first-order chi connectivity index (χ1) is 15.3. The second-order valence-electron chi connectivity index (χ2n) is 10.0. The molecule has 0 atom stereocenters. The Hall–Kier alpha value is -1.67. The molecule has 3 aromatic rings. The van der Waals surface area contributed by atoms with Crippen LogP contribution in [0.1, 0.15) is 44.1 Å². The number of nitrogens with zero attached hydrogens (tertiary/aromatic N) is 1. The molecule has 1 N–H and O–H groups in total. The third-order valence-corrected chi connectivity index (χ3v) is 10.4. The van der Waals surface area contributed by atoms with E-state index < -0.39 is 10.0 Å². The molecule has 0 saturated heterocycles. The Morgan fingerprint density at radius 2 is 1.62 bits per heavy atom. The van der Waals surface area contributed by atoms with Gasteiger partial charge in [0, 0.05) is 10.6 Å². The van der Waals surface area contributed by atoms with Gasteiger partial charge in [-0.05, 0) is 92.2 Å². The number of aromatic nitrogens is 1. The van der Waals surface area contributed by atoms with Gasteiger partial charge in [-0.1, -0.05) is 35.1 Å². The molecule has 0 aliphatic heterocycles. The molecule has 0 amide bonds. The van der Waals surface area contributed by atoms with Crippen LogP contribution in [0.15, 0.2) is 52.2 Å². The predicted octanol–water partition coefficient (Wildman–Crippen LogP) is 5.01. The smallest absolute Gasteiger partial charge is 0.294 e. The van der Waals surface area contributed by atoms with Crippen LogP contribution >= 0.6 is 22.9 Å². The number of halogens is 1. The van der Waals surface area contributed by atoms with Crippen molar-refractivity contribution in [2.24, 2.45) is 17.8 Å². The largest absolute Gasteiger partial charge is 0.308 e. The third kappa shape index (κ3) is 3.63. The first kappa shape index (κ1) is 20.9. The van der Waals surface area contributed by atoms with E-state index in [1.54, 1.807) is 34.9 Å². The summed E-state index contributed by atoms with van der Waals surface area (Å²) in [6.07, 6.45) is 6.69. The molecule has 4 bridgehead atoms. The van der Waals surface area contributed by atoms with Gasteiger partial charge in [0.15, 0.2) is 0 Å². The van der Waals surface area contributed by atoms with Crippen LogP contribution in [-0.4, -0.2) is 18.5 Å². The van der Waals surface area contributed by atoms with Crippen LogP contribution in [0.5, 0.6) is 0 Å². The molecule has 4 aliphatic carbocycles. The summed E-state index contributed by atoms with van der Waals surface area (Å²) in [5.41, 5.74) is 1.44. The first-order valence-electron chi connectivity index (χ1n) is 11.2. The van der Waals surface area contributed by atoms with Crippen LogP contribution in [0.4, 0.5) is 0 Å². The second kappa shape index (κ2) is 7.42. The summed E-state index contributed by atoms with van der Waals surface area (Å²) in [6, 6.07) is 12.4. The number of rotatable bonds is 5. The van der Waals surface area contributed by atoms with Crippen LogP contribution in [0, 0.1) is 17.8 Å². The summed E-state index contributed by atoms with van der Waals surface area (Å²) >= 11 is 7.05. The Bertz CT molecular complexity index is 1320. The van der Waals surface area contributed by atoms with E-state index in [-0.39, 0.29) is 15.3 Å². The predicted molar refractivity (Wildman–Crippen MR) is 128 cm³/mol. The Labute approximate surface area is 196 Å². The number of sulfonamides is 1. The second-order valence-corrected chi connectivity index (χ2v) is 13.1. The number of nitrogens with one attached hydrogen (secondary N) is 1. The Morgan fingerprint density at radius 3 is 2.25 bits per heavy atom. The van der Waals surface area contributed by atoms with E-state index >= 15 is 0 Å². The highest BCUT2D eigenvalue weighted by Crippen LogP contribution is 2.56. The number of benzene rings is 2. The summed E-state index contributed by atoms with van der Waals surface area (Å²) in [7, 11) is -3.65. The summed E-state index contributed by atoms with van der Waals surface area (Å²) < 4.78 is 32.2. The summed E-state index contributed by atoms with van der Waals surface area (Å²) in [6.45, 7) is 0.424. The highest BCUT2D eigenvalue weighted by Gasteiger charge is 2.52. The molecule has 7 rings (SSSR count). The lowest BCUT2D eigenvalue weighted by Crippen LogP contribution is -2.59. The number of hydrogen-bond acceptors (Lipinski definition) is 4. The van der Waals surface area contributed by atoms with Crippen LogP contribution in [0.2, 0.25) is 5.02 Å². The van der Waals surface area contributed by atoms with Gasteiger partial charge in [-0.15, -0.1) is 0 Å². The highest BCUT2D eigenvalue weighted by molar-refractivity contribution is 7.89. The lowest BCUT2D eigenvalue weighted by Gasteiger charge is -2.56. The van der Waals surface area contributed by atoms with Crippen molar-refractivity contribution in [3.8, 4) is 0 Å². The topological polar surface area (TPSA) is 68.2 Å². The van der Waals surface area contributed by atoms with Gasteiger partial charge in [-0.25, -0.2) is 13.1 Å². The van der Waals surface area contributed by atoms with Gasteiger partial charge in [0.2, 0.25) is 10.0 Å². The summed E-state index contributed by atoms with van der Waals surface area (Å²) in [4.78, 5) is 12.8. The van der Waals surface area contributed by atoms with Gasteiger partial charge in [-0.2, -0.15) is 0 Å². The summed E-state index contributed by atoms with van der Waals surface area (Å²) in [5.74, 6) is 2.00. The zero-order valence-electron chi connectivity index (χ0n) is 17.6. The van der Waals surface area contributed by atoms with Crippen molar-refractivity contribution in [1.29, 1.82) is 0 Å². The first-order valence-corrected chi connectivity index (χ1v) is 13.9. The quantitative estimate of drug-likeness (QED) is 0.548. The molecule has 4 fully saturated rings. The fourth-order valence-corrected chi connectivity index (χ4v) is 9.30. The molecule has 1 aromatic heterocycles. The van der Waals surface area contributed by atoms with E-state index in [0.29, 0.717) is 34.0 Å². The Morgan fingerprint density at radius 1 is 1.00 bits per heavy atom. The maximum atomic E-state index is 13.4. The Kier molecular flexibility index (Phi) is 4.85. The zero-order valence-corrected chi connectivity index (χ0v) is 20.0. The SMILES string of the molecule is O=c1sc2cc(S(=O)(=O)NC34CC5CC(CC(C5)C3)C4)ccc2n1Cc1ccc(Cl)cc1. The van der Waals surface area contributed by atoms with Crippen molar-refractivity contribution in [3.05, 3.63) is 62.7 Å². The molecule has 32 heavy (non-hydrogen) atoms. The zero-order chi connectivity index (χ0) is 22.1. The molecule has 1 heterocycles. The molecular weight excluding hydrogens is 464 g/mol. The van der Waals surface area contributed by atoms with Gasteiger partial charge < -0.3 is 0 Å². The van der Waals surface area contributed by atoms with Gasteiger partial charge in [0.05, 0.1) is 21.7 Å². The number of thiazole rings is 1. The van der Waals surface area contributed by atoms with Crippen LogP contribution in [0.3, 0.4) is 0 Å². The lowest BCUT2D eigenvalue weighted by molar-refractivity contribution is -0.00810.